The van der Waals surface area contributed by atoms with Gasteiger partial charge in [-0.3, -0.25) is 9.59 Å². The Morgan fingerprint density at radius 2 is 1.96 bits per heavy atom. The Kier molecular flexibility index (Phi) is 4.05. The van der Waals surface area contributed by atoms with E-state index >= 15 is 0 Å². The average Bonchev–Trinajstić information content (AvgIpc) is 2.50. The van der Waals surface area contributed by atoms with Gasteiger partial charge in [-0.1, -0.05) is 23.7 Å². The number of anilines is 1. The van der Waals surface area contributed by atoms with Crippen molar-refractivity contribution in [2.45, 2.75) is 12.8 Å². The maximum absolute atomic E-state index is 13.3. The van der Waals surface area contributed by atoms with E-state index in [-0.39, 0.29) is 17.4 Å². The minimum absolute atomic E-state index is 0.0391. The van der Waals surface area contributed by atoms with Gasteiger partial charge in [0.1, 0.15) is 5.82 Å². The highest BCUT2D eigenvalue weighted by molar-refractivity contribution is 6.31. The van der Waals surface area contributed by atoms with Crippen molar-refractivity contribution in [3.05, 3.63) is 52.8 Å². The number of benzene rings is 2. The zero-order valence-corrected chi connectivity index (χ0v) is 12.7. The fraction of sp³-hybridized carbons (Fsp3) is 0.176. The summed E-state index contributed by atoms with van der Waals surface area (Å²) in [5.41, 5.74) is 3.11. The molecule has 0 saturated carbocycles. The quantitative estimate of drug-likeness (QED) is 0.899. The number of rotatable bonds is 3. The van der Waals surface area contributed by atoms with Crippen molar-refractivity contribution >= 4 is 29.2 Å². The van der Waals surface area contributed by atoms with Crippen LogP contribution in [0.5, 0.6) is 0 Å². The number of carboxylic acid groups (broad SMARTS) is 1. The molecule has 2 aromatic carbocycles. The number of hydrogen-bond acceptors (Lipinski definition) is 2. The van der Waals surface area contributed by atoms with Gasteiger partial charge in [-0.2, -0.15) is 0 Å². The normalized spacial score (nSPS) is 16.6. The van der Waals surface area contributed by atoms with Crippen LogP contribution in [0, 0.1) is 11.7 Å². The third kappa shape index (κ3) is 3.19. The number of aliphatic carboxylic acids is 1. The van der Waals surface area contributed by atoms with Gasteiger partial charge in [0.2, 0.25) is 5.91 Å². The van der Waals surface area contributed by atoms with Gasteiger partial charge in [0.15, 0.2) is 0 Å². The summed E-state index contributed by atoms with van der Waals surface area (Å²) in [5, 5.41) is 11.7. The van der Waals surface area contributed by atoms with Gasteiger partial charge in [0.05, 0.1) is 17.4 Å². The maximum atomic E-state index is 13.3. The fourth-order valence-corrected chi connectivity index (χ4v) is 2.89. The van der Waals surface area contributed by atoms with Crippen LogP contribution in [0.1, 0.15) is 12.0 Å². The molecule has 0 fully saturated rings. The molecule has 2 N–H and O–H groups in total. The van der Waals surface area contributed by atoms with E-state index in [0.29, 0.717) is 12.1 Å². The van der Waals surface area contributed by atoms with E-state index in [1.54, 1.807) is 18.2 Å². The SMILES string of the molecule is O=C(O)CC1Cc2cc(-c3ccc(F)c(Cl)c3)ccc2NC1=O. The second-order valence-electron chi connectivity index (χ2n) is 5.49. The van der Waals surface area contributed by atoms with Crippen LogP contribution in [-0.2, 0) is 16.0 Å². The topological polar surface area (TPSA) is 66.4 Å². The van der Waals surface area contributed by atoms with E-state index in [9.17, 15) is 14.0 Å². The van der Waals surface area contributed by atoms with E-state index in [0.717, 1.165) is 16.7 Å². The summed E-state index contributed by atoms with van der Waals surface area (Å²) in [4.78, 5) is 22.7. The van der Waals surface area contributed by atoms with Crippen molar-refractivity contribution in [2.24, 2.45) is 5.92 Å². The Balaban J connectivity index is 1.94. The number of fused-ring (bicyclic) bond motifs is 1. The summed E-state index contributed by atoms with van der Waals surface area (Å²) >= 11 is 5.81. The summed E-state index contributed by atoms with van der Waals surface area (Å²) < 4.78 is 13.3. The second kappa shape index (κ2) is 6.01. The number of carboxylic acids is 1. The van der Waals surface area contributed by atoms with Crippen LogP contribution in [0.4, 0.5) is 10.1 Å². The molecule has 1 amide bonds. The molecule has 118 valence electrons. The number of nitrogens with one attached hydrogen (secondary N) is 1. The predicted octanol–water partition coefficient (Wildman–Crippen LogP) is 3.73. The van der Waals surface area contributed by atoms with Crippen molar-refractivity contribution in [3.63, 3.8) is 0 Å². The van der Waals surface area contributed by atoms with Crippen molar-refractivity contribution in [1.82, 2.24) is 0 Å². The molecule has 0 aromatic heterocycles. The van der Waals surface area contributed by atoms with E-state index in [2.05, 4.69) is 5.32 Å². The lowest BCUT2D eigenvalue weighted by atomic mass is 9.89. The second-order valence-corrected chi connectivity index (χ2v) is 5.90. The van der Waals surface area contributed by atoms with Crippen molar-refractivity contribution < 1.29 is 19.1 Å². The number of carbonyl (C=O) groups excluding carboxylic acids is 1. The standard InChI is InChI=1S/C17H13ClFNO3/c18-13-7-10(1-3-14(13)19)9-2-4-15-11(5-9)6-12(8-16(21)22)17(23)20-15/h1-5,7,12H,6,8H2,(H,20,23)(H,21,22). The van der Waals surface area contributed by atoms with Crippen LogP contribution in [-0.4, -0.2) is 17.0 Å². The summed E-state index contributed by atoms with van der Waals surface area (Å²) in [6, 6.07) is 9.89. The third-order valence-electron chi connectivity index (χ3n) is 3.87. The molecule has 0 spiro atoms. The Labute approximate surface area is 136 Å². The van der Waals surface area contributed by atoms with Gasteiger partial charge in [0, 0.05) is 5.69 Å². The van der Waals surface area contributed by atoms with Gasteiger partial charge < -0.3 is 10.4 Å². The zero-order valence-electron chi connectivity index (χ0n) is 12.0. The van der Waals surface area contributed by atoms with Gasteiger partial charge in [-0.25, -0.2) is 4.39 Å². The van der Waals surface area contributed by atoms with Crippen LogP contribution in [0.2, 0.25) is 5.02 Å². The molecule has 23 heavy (non-hydrogen) atoms. The summed E-state index contributed by atoms with van der Waals surface area (Å²) in [5.74, 6) is -2.36. The van der Waals surface area contributed by atoms with Gasteiger partial charge >= 0.3 is 5.97 Å². The molecular formula is C17H13ClFNO3. The molecule has 1 aliphatic rings. The van der Waals surface area contributed by atoms with Gasteiger partial charge in [0.25, 0.3) is 0 Å². The molecule has 3 rings (SSSR count). The molecule has 1 heterocycles. The third-order valence-corrected chi connectivity index (χ3v) is 4.16. The van der Waals surface area contributed by atoms with Crippen LogP contribution < -0.4 is 5.32 Å². The molecule has 4 nitrogen and oxygen atoms in total. The first-order valence-corrected chi connectivity index (χ1v) is 7.43. The molecule has 2 aromatic rings. The Hall–Kier alpha value is -2.40. The van der Waals surface area contributed by atoms with E-state index < -0.39 is 17.7 Å². The first-order valence-electron chi connectivity index (χ1n) is 7.05. The highest BCUT2D eigenvalue weighted by atomic mass is 35.5. The lowest BCUT2D eigenvalue weighted by molar-refractivity contribution is -0.140. The van der Waals surface area contributed by atoms with Crippen molar-refractivity contribution in [2.75, 3.05) is 5.32 Å². The molecule has 0 aliphatic carbocycles. The maximum Gasteiger partial charge on any atom is 0.304 e. The molecule has 0 radical (unpaired) electrons. The first-order chi connectivity index (χ1) is 10.9. The molecule has 0 saturated heterocycles. The highest BCUT2D eigenvalue weighted by Crippen LogP contribution is 2.32. The average molecular weight is 334 g/mol. The molecule has 1 atom stereocenters. The Morgan fingerprint density at radius 3 is 2.65 bits per heavy atom. The minimum Gasteiger partial charge on any atom is -0.481 e. The largest absolute Gasteiger partial charge is 0.481 e. The fourth-order valence-electron chi connectivity index (χ4n) is 2.71. The van der Waals surface area contributed by atoms with Crippen molar-refractivity contribution in [3.8, 4) is 11.1 Å². The highest BCUT2D eigenvalue weighted by Gasteiger charge is 2.28. The number of carbonyl (C=O) groups is 2. The predicted molar refractivity (Wildman–Crippen MR) is 84.9 cm³/mol. The van der Waals surface area contributed by atoms with E-state index in [1.165, 1.54) is 12.1 Å². The monoisotopic (exact) mass is 333 g/mol. The molecule has 6 heteroatoms. The van der Waals surface area contributed by atoms with E-state index in [4.69, 9.17) is 16.7 Å². The molecular weight excluding hydrogens is 321 g/mol. The Bertz CT molecular complexity index is 806. The van der Waals surface area contributed by atoms with Crippen LogP contribution in [0.3, 0.4) is 0 Å². The van der Waals surface area contributed by atoms with Gasteiger partial charge in [-0.15, -0.1) is 0 Å². The number of hydrogen-bond donors (Lipinski definition) is 2. The summed E-state index contributed by atoms with van der Waals surface area (Å²) in [6.07, 6.45) is 0.147. The zero-order chi connectivity index (χ0) is 16.6. The van der Waals surface area contributed by atoms with Crippen LogP contribution in [0.25, 0.3) is 11.1 Å². The van der Waals surface area contributed by atoms with E-state index in [1.807, 2.05) is 6.07 Å². The summed E-state index contributed by atoms with van der Waals surface area (Å²) in [7, 11) is 0. The van der Waals surface area contributed by atoms with Crippen LogP contribution in [0.15, 0.2) is 36.4 Å². The van der Waals surface area contributed by atoms with Crippen LogP contribution >= 0.6 is 11.6 Å². The van der Waals surface area contributed by atoms with Gasteiger partial charge in [-0.05, 0) is 47.4 Å². The molecule has 1 aliphatic heterocycles. The lowest BCUT2D eigenvalue weighted by Gasteiger charge is -2.24. The minimum atomic E-state index is -1.00. The lowest BCUT2D eigenvalue weighted by Crippen LogP contribution is -2.31. The number of amides is 1. The molecule has 0 bridgehead atoms. The Morgan fingerprint density at radius 1 is 1.26 bits per heavy atom. The number of halogens is 2. The van der Waals surface area contributed by atoms with Crippen molar-refractivity contribution in [1.29, 1.82) is 0 Å². The molecule has 1 unspecified atom stereocenters. The summed E-state index contributed by atoms with van der Waals surface area (Å²) in [6.45, 7) is 0. The smallest absolute Gasteiger partial charge is 0.304 e. The first kappa shape index (κ1) is 15.5.